The molecule has 5 heteroatoms. The smallest absolute Gasteiger partial charge is 0.191 e. The first-order valence-electron chi connectivity index (χ1n) is 8.03. The normalized spacial score (nSPS) is 30.4. The Morgan fingerprint density at radius 3 is 2.60 bits per heavy atom. The molecule has 0 aromatic carbocycles. The van der Waals surface area contributed by atoms with Crippen LogP contribution in [0, 0.1) is 0 Å². The van der Waals surface area contributed by atoms with Gasteiger partial charge in [0.2, 0.25) is 0 Å². The highest BCUT2D eigenvalue weighted by atomic mass is 16.7. The van der Waals surface area contributed by atoms with Gasteiger partial charge in [0.25, 0.3) is 0 Å². The molecule has 114 valence electrons. The van der Waals surface area contributed by atoms with Crippen molar-refractivity contribution in [1.82, 2.24) is 4.90 Å². The predicted molar refractivity (Wildman–Crippen MR) is 78.5 cm³/mol. The molecule has 0 aromatic rings. The molecule has 1 unspecified atom stereocenters. The van der Waals surface area contributed by atoms with E-state index in [2.05, 4.69) is 9.89 Å². The number of hydrogen-bond donors (Lipinski definition) is 1. The minimum Gasteiger partial charge on any atom is -0.370 e. The summed E-state index contributed by atoms with van der Waals surface area (Å²) < 4.78 is 12.2. The van der Waals surface area contributed by atoms with Crippen molar-refractivity contribution in [2.45, 2.75) is 69.3 Å². The van der Waals surface area contributed by atoms with Gasteiger partial charge in [0.15, 0.2) is 11.7 Å². The van der Waals surface area contributed by atoms with Crippen molar-refractivity contribution >= 4 is 5.96 Å². The van der Waals surface area contributed by atoms with Crippen molar-refractivity contribution in [2.75, 3.05) is 20.2 Å². The largest absolute Gasteiger partial charge is 0.370 e. The third kappa shape index (κ3) is 3.26. The maximum atomic E-state index is 6.17. The highest BCUT2D eigenvalue weighted by molar-refractivity contribution is 5.78. The van der Waals surface area contributed by atoms with Gasteiger partial charge in [-0.2, -0.15) is 0 Å². The number of aliphatic imine (C=N–C) groups is 1. The Morgan fingerprint density at radius 1 is 1.25 bits per heavy atom. The van der Waals surface area contributed by atoms with E-state index in [0.717, 1.165) is 12.8 Å². The number of ether oxygens (including phenoxy) is 2. The maximum Gasteiger partial charge on any atom is 0.191 e. The van der Waals surface area contributed by atoms with E-state index < -0.39 is 0 Å². The second kappa shape index (κ2) is 5.90. The quantitative estimate of drug-likeness (QED) is 0.633. The van der Waals surface area contributed by atoms with Crippen LogP contribution < -0.4 is 5.73 Å². The van der Waals surface area contributed by atoms with Gasteiger partial charge in [0.1, 0.15) is 6.10 Å². The van der Waals surface area contributed by atoms with E-state index >= 15 is 0 Å². The topological polar surface area (TPSA) is 60.1 Å². The molecule has 0 amide bonds. The van der Waals surface area contributed by atoms with Crippen LogP contribution in [-0.4, -0.2) is 49.0 Å². The van der Waals surface area contributed by atoms with Gasteiger partial charge >= 0.3 is 0 Å². The molecule has 1 spiro atoms. The van der Waals surface area contributed by atoms with Gasteiger partial charge in [0, 0.05) is 25.9 Å². The second-order valence-electron chi connectivity index (χ2n) is 6.42. The van der Waals surface area contributed by atoms with Crippen LogP contribution in [0.4, 0.5) is 0 Å². The van der Waals surface area contributed by atoms with Crippen LogP contribution in [0.15, 0.2) is 4.99 Å². The van der Waals surface area contributed by atoms with Gasteiger partial charge in [-0.3, -0.25) is 4.99 Å². The van der Waals surface area contributed by atoms with Crippen LogP contribution in [-0.2, 0) is 9.47 Å². The minimum atomic E-state index is -0.312. The van der Waals surface area contributed by atoms with E-state index in [0.29, 0.717) is 25.2 Å². The molecule has 0 aromatic heterocycles. The van der Waals surface area contributed by atoms with E-state index in [4.69, 9.17) is 15.2 Å². The number of guanidine groups is 1. The third-order valence-electron chi connectivity index (χ3n) is 4.69. The van der Waals surface area contributed by atoms with Crippen molar-refractivity contribution in [1.29, 1.82) is 0 Å². The minimum absolute atomic E-state index is 0.0688. The van der Waals surface area contributed by atoms with Crippen LogP contribution in [0.2, 0.25) is 0 Å². The lowest BCUT2D eigenvalue weighted by Gasteiger charge is -2.26. The van der Waals surface area contributed by atoms with Gasteiger partial charge in [-0.15, -0.1) is 0 Å². The lowest BCUT2D eigenvalue weighted by molar-refractivity contribution is -0.174. The molecule has 1 heterocycles. The van der Waals surface area contributed by atoms with Crippen LogP contribution in [0.5, 0.6) is 0 Å². The molecule has 20 heavy (non-hydrogen) atoms. The summed E-state index contributed by atoms with van der Waals surface area (Å²) in [6, 6.07) is 0.604. The molecular weight excluding hydrogens is 254 g/mol. The van der Waals surface area contributed by atoms with Crippen LogP contribution in [0.25, 0.3) is 0 Å². The Bertz CT molecular complexity index is 360. The summed E-state index contributed by atoms with van der Waals surface area (Å²) in [7, 11) is 2.02. The van der Waals surface area contributed by atoms with Crippen molar-refractivity contribution in [3.63, 3.8) is 0 Å². The monoisotopic (exact) mass is 281 g/mol. The maximum absolute atomic E-state index is 6.17. The summed E-state index contributed by atoms with van der Waals surface area (Å²) in [5, 5.41) is 0. The fourth-order valence-corrected chi connectivity index (χ4v) is 3.19. The summed E-state index contributed by atoms with van der Waals surface area (Å²) in [6.45, 7) is 1.27. The van der Waals surface area contributed by atoms with E-state index in [9.17, 15) is 0 Å². The highest BCUT2D eigenvalue weighted by Gasteiger charge is 2.41. The summed E-state index contributed by atoms with van der Waals surface area (Å²) in [6.07, 6.45) is 9.63. The first kappa shape index (κ1) is 14.1. The molecule has 3 rings (SSSR count). The molecule has 3 fully saturated rings. The van der Waals surface area contributed by atoms with Crippen molar-refractivity contribution < 1.29 is 9.47 Å². The van der Waals surface area contributed by atoms with E-state index in [1.807, 2.05) is 7.05 Å². The standard InChI is InChI=1S/C15H27N3O2/c1-18(12-6-7-12)14(16)17-10-13-11-19-15(20-13)8-4-2-3-5-9-15/h12-13H,2-11H2,1H3,(H2,16,17). The van der Waals surface area contributed by atoms with Gasteiger partial charge in [-0.05, 0) is 25.7 Å². The summed E-state index contributed by atoms with van der Waals surface area (Å²) in [5.74, 6) is 0.325. The Morgan fingerprint density at radius 2 is 1.95 bits per heavy atom. The Kier molecular flexibility index (Phi) is 4.17. The lowest BCUT2D eigenvalue weighted by Crippen LogP contribution is -2.36. The molecular formula is C15H27N3O2. The summed E-state index contributed by atoms with van der Waals surface area (Å²) in [5.41, 5.74) is 6.01. The lowest BCUT2D eigenvalue weighted by atomic mass is 10.1. The first-order chi connectivity index (χ1) is 9.69. The zero-order chi connectivity index (χ0) is 14.0. The SMILES string of the molecule is CN(C(N)=NCC1COC2(CCCCCC2)O1)C1CC1. The third-order valence-corrected chi connectivity index (χ3v) is 4.69. The molecule has 5 nitrogen and oxygen atoms in total. The average molecular weight is 281 g/mol. The van der Waals surface area contributed by atoms with E-state index in [-0.39, 0.29) is 11.9 Å². The molecule has 2 saturated carbocycles. The molecule has 2 aliphatic carbocycles. The van der Waals surface area contributed by atoms with Crippen LogP contribution in [0.1, 0.15) is 51.4 Å². The van der Waals surface area contributed by atoms with E-state index in [1.165, 1.54) is 38.5 Å². The Balaban J connectivity index is 1.50. The summed E-state index contributed by atoms with van der Waals surface area (Å²) in [4.78, 5) is 6.56. The van der Waals surface area contributed by atoms with Crippen molar-refractivity contribution in [2.24, 2.45) is 10.7 Å². The van der Waals surface area contributed by atoms with Gasteiger partial charge in [-0.25, -0.2) is 0 Å². The summed E-state index contributed by atoms with van der Waals surface area (Å²) >= 11 is 0. The fraction of sp³-hybridized carbons (Fsp3) is 0.933. The van der Waals surface area contributed by atoms with Crippen molar-refractivity contribution in [3.05, 3.63) is 0 Å². The number of rotatable bonds is 3. The zero-order valence-electron chi connectivity index (χ0n) is 12.5. The van der Waals surface area contributed by atoms with Crippen LogP contribution >= 0.6 is 0 Å². The van der Waals surface area contributed by atoms with E-state index in [1.54, 1.807) is 0 Å². The number of nitrogens with two attached hydrogens (primary N) is 1. The molecule has 3 aliphatic rings. The predicted octanol–water partition coefficient (Wildman–Crippen LogP) is 1.86. The molecule has 2 N–H and O–H groups in total. The first-order valence-corrected chi connectivity index (χ1v) is 8.03. The zero-order valence-corrected chi connectivity index (χ0v) is 12.5. The van der Waals surface area contributed by atoms with Gasteiger partial charge in [0.05, 0.1) is 13.2 Å². The molecule has 0 bridgehead atoms. The molecule has 1 saturated heterocycles. The molecule has 1 atom stereocenters. The molecule has 0 radical (unpaired) electrons. The second-order valence-corrected chi connectivity index (χ2v) is 6.42. The van der Waals surface area contributed by atoms with Crippen LogP contribution in [0.3, 0.4) is 0 Å². The van der Waals surface area contributed by atoms with Gasteiger partial charge < -0.3 is 20.1 Å². The number of nitrogens with zero attached hydrogens (tertiary/aromatic N) is 2. The highest BCUT2D eigenvalue weighted by Crippen LogP contribution is 2.36. The fourth-order valence-electron chi connectivity index (χ4n) is 3.19. The van der Waals surface area contributed by atoms with Gasteiger partial charge in [-0.1, -0.05) is 12.8 Å². The Labute approximate surface area is 121 Å². The number of hydrogen-bond acceptors (Lipinski definition) is 3. The van der Waals surface area contributed by atoms with Crippen molar-refractivity contribution in [3.8, 4) is 0 Å². The molecule has 1 aliphatic heterocycles. The Hall–Kier alpha value is -0.810. The average Bonchev–Trinajstić information content (AvgIpc) is 3.23.